The maximum atomic E-state index is 6.91. The monoisotopic (exact) mass is 669 g/mol. The van der Waals surface area contributed by atoms with E-state index < -0.39 is 0 Å². The molecule has 2 nitrogen and oxygen atoms in total. The van der Waals surface area contributed by atoms with Crippen LogP contribution in [0.3, 0.4) is 0 Å². The minimum Gasteiger partial charge on any atom is -0.453 e. The summed E-state index contributed by atoms with van der Waals surface area (Å²) in [6.07, 6.45) is 0. The number of nitrogens with zero attached hydrogens (tertiary/aromatic N) is 1. The van der Waals surface area contributed by atoms with Gasteiger partial charge < -0.3 is 9.32 Å². The number of hydrogen-bond donors (Lipinski definition) is 0. The van der Waals surface area contributed by atoms with Crippen LogP contribution in [0.1, 0.15) is 0 Å². The highest BCUT2D eigenvalue weighted by Gasteiger charge is 2.21. The van der Waals surface area contributed by atoms with Crippen LogP contribution in [0.2, 0.25) is 0 Å². The van der Waals surface area contributed by atoms with Crippen LogP contribution in [0.25, 0.3) is 75.5 Å². The molecule has 0 fully saturated rings. The Labute approximate surface area is 300 Å². The van der Waals surface area contributed by atoms with Crippen molar-refractivity contribution < 1.29 is 4.42 Å². The number of rotatable bonds is 6. The van der Waals surface area contributed by atoms with Gasteiger partial charge in [-0.1, -0.05) is 140 Å². The van der Waals surface area contributed by atoms with Gasteiger partial charge in [0.2, 0.25) is 0 Å². The van der Waals surface area contributed by atoms with Crippen molar-refractivity contribution >= 4 is 70.5 Å². The first-order valence-electron chi connectivity index (χ1n) is 17.3. The van der Waals surface area contributed by atoms with E-state index in [1.54, 1.807) is 0 Å². The van der Waals surface area contributed by atoms with E-state index in [2.05, 4.69) is 193 Å². The summed E-state index contributed by atoms with van der Waals surface area (Å²) in [5.41, 5.74) is 11.9. The van der Waals surface area contributed by atoms with Gasteiger partial charge in [-0.05, 0) is 76.3 Å². The first-order valence-corrected chi connectivity index (χ1v) is 18.1. The van der Waals surface area contributed by atoms with Crippen molar-refractivity contribution in [3.63, 3.8) is 0 Å². The van der Waals surface area contributed by atoms with E-state index in [0.717, 1.165) is 50.1 Å². The lowest BCUT2D eigenvalue weighted by molar-refractivity contribution is 0.670. The van der Waals surface area contributed by atoms with Crippen molar-refractivity contribution in [2.75, 3.05) is 4.90 Å². The molecule has 0 unspecified atom stereocenters. The second-order valence-corrected chi connectivity index (χ2v) is 14.0. The largest absolute Gasteiger partial charge is 0.453 e. The molecule has 10 rings (SSSR count). The summed E-state index contributed by atoms with van der Waals surface area (Å²) in [5.74, 6) is 0. The quantitative estimate of drug-likeness (QED) is 0.175. The molecule has 0 spiro atoms. The standard InChI is InChI=1S/C48H31NOS/c1-3-11-32(12-4-1)33-21-26-37(27-22-33)49(38-28-23-34(24-29-38)36-25-30-46-43(31-36)40-15-7-8-20-45(40)51-46)44-19-10-18-42-41-17-9-16-39(47(41)50-48(42)44)35-13-5-2-6-14-35/h1-31H. The number of anilines is 3. The van der Waals surface area contributed by atoms with Crippen molar-refractivity contribution in [3.05, 3.63) is 188 Å². The van der Waals surface area contributed by atoms with Gasteiger partial charge in [-0.2, -0.15) is 0 Å². The highest BCUT2D eigenvalue weighted by atomic mass is 32.1. The van der Waals surface area contributed by atoms with Crippen LogP contribution in [0.15, 0.2) is 192 Å². The van der Waals surface area contributed by atoms with Gasteiger partial charge in [0.05, 0.1) is 5.69 Å². The molecule has 8 aromatic carbocycles. The average Bonchev–Trinajstić information content (AvgIpc) is 3.78. The van der Waals surface area contributed by atoms with E-state index >= 15 is 0 Å². The molecule has 2 aromatic heterocycles. The van der Waals surface area contributed by atoms with Crippen LogP contribution in [0.5, 0.6) is 0 Å². The molecule has 0 aliphatic heterocycles. The third-order valence-corrected chi connectivity index (χ3v) is 11.0. The van der Waals surface area contributed by atoms with Crippen molar-refractivity contribution in [3.8, 4) is 33.4 Å². The lowest BCUT2D eigenvalue weighted by Gasteiger charge is -2.26. The second-order valence-electron chi connectivity index (χ2n) is 12.9. The normalized spacial score (nSPS) is 11.5. The third-order valence-electron chi connectivity index (χ3n) is 9.90. The molecule has 2 heterocycles. The number of benzene rings is 8. The van der Waals surface area contributed by atoms with E-state index in [-0.39, 0.29) is 0 Å². The molecule has 0 saturated heterocycles. The maximum absolute atomic E-state index is 6.91. The Morgan fingerprint density at radius 1 is 0.353 bits per heavy atom. The number of para-hydroxylation sites is 2. The summed E-state index contributed by atoms with van der Waals surface area (Å²) in [6, 6.07) is 67.2. The van der Waals surface area contributed by atoms with Gasteiger partial charge in [-0.15, -0.1) is 11.3 Å². The first kappa shape index (κ1) is 29.5. The molecule has 0 radical (unpaired) electrons. The molecule has 0 saturated carbocycles. The highest BCUT2D eigenvalue weighted by Crippen LogP contribution is 2.45. The van der Waals surface area contributed by atoms with E-state index in [0.29, 0.717) is 0 Å². The van der Waals surface area contributed by atoms with Gasteiger partial charge in [0.1, 0.15) is 5.58 Å². The van der Waals surface area contributed by atoms with Gasteiger partial charge >= 0.3 is 0 Å². The third kappa shape index (κ3) is 5.10. The minimum atomic E-state index is 0.863. The zero-order valence-electron chi connectivity index (χ0n) is 27.7. The molecule has 0 aliphatic carbocycles. The molecule has 51 heavy (non-hydrogen) atoms. The van der Waals surface area contributed by atoms with Crippen LogP contribution in [-0.2, 0) is 0 Å². The van der Waals surface area contributed by atoms with Crippen LogP contribution in [0, 0.1) is 0 Å². The summed E-state index contributed by atoms with van der Waals surface area (Å²) in [4.78, 5) is 2.32. The fourth-order valence-electron chi connectivity index (χ4n) is 7.40. The maximum Gasteiger partial charge on any atom is 0.159 e. The lowest BCUT2D eigenvalue weighted by atomic mass is 10.0. The molecule has 0 aliphatic rings. The first-order chi connectivity index (χ1) is 25.3. The lowest BCUT2D eigenvalue weighted by Crippen LogP contribution is -2.10. The zero-order chi connectivity index (χ0) is 33.7. The van der Waals surface area contributed by atoms with Crippen molar-refractivity contribution in [2.24, 2.45) is 0 Å². The number of furan rings is 1. The Morgan fingerprint density at radius 3 is 1.61 bits per heavy atom. The molecule has 0 bridgehead atoms. The van der Waals surface area contributed by atoms with E-state index in [4.69, 9.17) is 4.42 Å². The van der Waals surface area contributed by atoms with Gasteiger partial charge in [-0.3, -0.25) is 0 Å². The summed E-state index contributed by atoms with van der Waals surface area (Å²) >= 11 is 1.85. The van der Waals surface area contributed by atoms with Crippen molar-refractivity contribution in [2.45, 2.75) is 0 Å². The molecule has 0 amide bonds. The fraction of sp³-hybridized carbons (Fsp3) is 0. The molecular formula is C48H31NOS. The van der Waals surface area contributed by atoms with Gasteiger partial charge in [0.25, 0.3) is 0 Å². The van der Waals surface area contributed by atoms with Crippen molar-refractivity contribution in [1.29, 1.82) is 0 Å². The van der Waals surface area contributed by atoms with E-state index in [1.807, 2.05) is 11.3 Å². The minimum absolute atomic E-state index is 0.863. The van der Waals surface area contributed by atoms with E-state index in [1.165, 1.54) is 42.4 Å². The Hall–Kier alpha value is -6.42. The molecule has 240 valence electrons. The van der Waals surface area contributed by atoms with E-state index in [9.17, 15) is 0 Å². The molecule has 0 N–H and O–H groups in total. The van der Waals surface area contributed by atoms with Gasteiger partial charge in [0, 0.05) is 47.9 Å². The SMILES string of the molecule is c1ccc(-c2ccc(N(c3ccc(-c4ccc5sc6ccccc6c5c4)cc3)c3cccc4c3oc3c(-c5ccccc5)cccc34)cc2)cc1. The second kappa shape index (κ2) is 12.2. The van der Waals surface area contributed by atoms with Crippen LogP contribution in [0.4, 0.5) is 17.1 Å². The topological polar surface area (TPSA) is 16.4 Å². The smallest absolute Gasteiger partial charge is 0.159 e. The number of thiophene rings is 1. The average molecular weight is 670 g/mol. The predicted molar refractivity (Wildman–Crippen MR) is 218 cm³/mol. The zero-order valence-corrected chi connectivity index (χ0v) is 28.5. The van der Waals surface area contributed by atoms with Crippen LogP contribution in [-0.4, -0.2) is 0 Å². The Balaban J connectivity index is 1.12. The van der Waals surface area contributed by atoms with Gasteiger partial charge in [-0.25, -0.2) is 0 Å². The fourth-order valence-corrected chi connectivity index (χ4v) is 8.48. The Morgan fingerprint density at radius 2 is 0.882 bits per heavy atom. The molecule has 10 aromatic rings. The van der Waals surface area contributed by atoms with Crippen LogP contribution < -0.4 is 4.90 Å². The van der Waals surface area contributed by atoms with Crippen LogP contribution >= 0.6 is 11.3 Å². The Bertz CT molecular complexity index is 2830. The molecular weight excluding hydrogens is 639 g/mol. The summed E-state index contributed by atoms with van der Waals surface area (Å²) in [7, 11) is 0. The predicted octanol–water partition coefficient (Wildman–Crippen LogP) is 14.4. The van der Waals surface area contributed by atoms with Gasteiger partial charge in [0.15, 0.2) is 5.58 Å². The summed E-state index contributed by atoms with van der Waals surface area (Å²) in [5, 5.41) is 4.83. The number of hydrogen-bond acceptors (Lipinski definition) is 3. The molecule has 0 atom stereocenters. The van der Waals surface area contributed by atoms with Crippen molar-refractivity contribution in [1.82, 2.24) is 0 Å². The molecule has 3 heteroatoms. The Kier molecular flexibility index (Phi) is 7.04. The highest BCUT2D eigenvalue weighted by molar-refractivity contribution is 7.25. The number of fused-ring (bicyclic) bond motifs is 6. The summed E-state index contributed by atoms with van der Waals surface area (Å²) < 4.78 is 9.55. The summed E-state index contributed by atoms with van der Waals surface area (Å²) in [6.45, 7) is 0.